The van der Waals surface area contributed by atoms with Crippen LogP contribution in [0.2, 0.25) is 0 Å². The van der Waals surface area contributed by atoms with Crippen LogP contribution in [-0.2, 0) is 4.79 Å². The summed E-state index contributed by atoms with van der Waals surface area (Å²) in [6.45, 7) is 5.77. The van der Waals surface area contributed by atoms with Crippen LogP contribution in [0.25, 0.3) is 6.08 Å². The highest BCUT2D eigenvalue weighted by atomic mass is 16.3. The Morgan fingerprint density at radius 2 is 2.20 bits per heavy atom. The summed E-state index contributed by atoms with van der Waals surface area (Å²) >= 11 is 0. The fourth-order valence-corrected chi connectivity index (χ4v) is 2.05. The van der Waals surface area contributed by atoms with E-state index in [0.29, 0.717) is 17.6 Å². The van der Waals surface area contributed by atoms with Crippen molar-refractivity contribution in [2.45, 2.75) is 38.6 Å². The lowest BCUT2D eigenvalue weighted by atomic mass is 10.1. The lowest BCUT2D eigenvalue weighted by Gasteiger charge is -2.33. The number of carbonyl (C=O) groups excluding carboxylic acids is 1. The maximum Gasteiger partial charge on any atom is 0.246 e. The minimum Gasteiger partial charge on any atom is -0.461 e. The predicted octanol–water partition coefficient (Wildman–Crippen LogP) is 2.65. The molecule has 0 aliphatic heterocycles. The number of likely N-dealkylation sites (N-methyl/N-ethyl adjacent to an activating group) is 1. The molecule has 1 fully saturated rings. The molecule has 1 aromatic rings. The summed E-state index contributed by atoms with van der Waals surface area (Å²) in [5.74, 6) is 2.80. The van der Waals surface area contributed by atoms with Crippen molar-refractivity contribution >= 4 is 12.0 Å². The van der Waals surface area contributed by atoms with Crippen LogP contribution in [0.15, 0.2) is 22.6 Å². The molecule has 1 aliphatic carbocycles. The molecule has 0 spiro atoms. The normalized spacial score (nSPS) is 22.2. The Morgan fingerprint density at radius 1 is 1.55 bits per heavy atom. The molecule has 1 N–H and O–H groups in total. The van der Waals surface area contributed by atoms with Gasteiger partial charge in [-0.2, -0.15) is 0 Å². The first-order valence-corrected chi connectivity index (χ1v) is 7.01. The van der Waals surface area contributed by atoms with Crippen molar-refractivity contribution in [2.75, 3.05) is 13.7 Å². The van der Waals surface area contributed by atoms with Gasteiger partial charge in [0, 0.05) is 19.0 Å². The second kappa shape index (κ2) is 5.44. The SMILES string of the molecule is CC1CC1c1ccc(/C=C/C(=O)N(C)C(C)(C)CO)o1. The van der Waals surface area contributed by atoms with Gasteiger partial charge in [0.2, 0.25) is 5.91 Å². The van der Waals surface area contributed by atoms with Gasteiger partial charge in [-0.1, -0.05) is 6.92 Å². The molecule has 0 saturated heterocycles. The Bertz CT molecular complexity index is 516. The molecule has 0 radical (unpaired) electrons. The van der Waals surface area contributed by atoms with Gasteiger partial charge in [0.1, 0.15) is 11.5 Å². The zero-order valence-corrected chi connectivity index (χ0v) is 12.6. The molecule has 1 saturated carbocycles. The van der Waals surface area contributed by atoms with E-state index in [0.717, 1.165) is 5.76 Å². The van der Waals surface area contributed by atoms with Crippen molar-refractivity contribution < 1.29 is 14.3 Å². The van der Waals surface area contributed by atoms with Gasteiger partial charge in [-0.25, -0.2) is 0 Å². The van der Waals surface area contributed by atoms with Crippen LogP contribution in [0.4, 0.5) is 0 Å². The van der Waals surface area contributed by atoms with Gasteiger partial charge in [0.05, 0.1) is 12.1 Å². The van der Waals surface area contributed by atoms with Gasteiger partial charge >= 0.3 is 0 Å². The van der Waals surface area contributed by atoms with Crippen molar-refractivity contribution in [1.82, 2.24) is 4.90 Å². The first-order chi connectivity index (χ1) is 9.35. The molecule has 20 heavy (non-hydrogen) atoms. The van der Waals surface area contributed by atoms with E-state index in [1.54, 1.807) is 13.1 Å². The maximum absolute atomic E-state index is 12.0. The number of carbonyl (C=O) groups is 1. The van der Waals surface area contributed by atoms with E-state index in [1.807, 2.05) is 26.0 Å². The minimum atomic E-state index is -0.570. The van der Waals surface area contributed by atoms with E-state index in [4.69, 9.17) is 4.42 Å². The molecular formula is C16H23NO3. The van der Waals surface area contributed by atoms with Crippen LogP contribution in [0.1, 0.15) is 44.6 Å². The maximum atomic E-state index is 12.0. The monoisotopic (exact) mass is 277 g/mol. The van der Waals surface area contributed by atoms with Gasteiger partial charge in [0.25, 0.3) is 0 Å². The number of aliphatic hydroxyl groups excluding tert-OH is 1. The van der Waals surface area contributed by atoms with Gasteiger partial charge in [-0.15, -0.1) is 0 Å². The third kappa shape index (κ3) is 3.12. The van der Waals surface area contributed by atoms with Crippen LogP contribution in [0.5, 0.6) is 0 Å². The van der Waals surface area contributed by atoms with Gasteiger partial charge < -0.3 is 14.4 Å². The molecule has 4 nitrogen and oxygen atoms in total. The van der Waals surface area contributed by atoms with E-state index < -0.39 is 5.54 Å². The summed E-state index contributed by atoms with van der Waals surface area (Å²) < 4.78 is 5.71. The summed E-state index contributed by atoms with van der Waals surface area (Å²) in [6.07, 6.45) is 4.35. The van der Waals surface area contributed by atoms with Crippen LogP contribution in [0.3, 0.4) is 0 Å². The average molecular weight is 277 g/mol. The second-order valence-electron chi connectivity index (χ2n) is 6.26. The van der Waals surface area contributed by atoms with Gasteiger partial charge in [-0.05, 0) is 44.4 Å². The van der Waals surface area contributed by atoms with Crippen molar-refractivity contribution in [3.8, 4) is 0 Å². The van der Waals surface area contributed by atoms with Crippen LogP contribution < -0.4 is 0 Å². The number of amides is 1. The Hall–Kier alpha value is -1.55. The third-order valence-electron chi connectivity index (χ3n) is 4.14. The summed E-state index contributed by atoms with van der Waals surface area (Å²) in [5.41, 5.74) is -0.570. The Labute approximate surface area is 120 Å². The Morgan fingerprint density at radius 3 is 2.75 bits per heavy atom. The molecular weight excluding hydrogens is 254 g/mol. The third-order valence-corrected chi connectivity index (χ3v) is 4.14. The van der Waals surface area contributed by atoms with Crippen molar-refractivity contribution in [3.05, 3.63) is 29.7 Å². The van der Waals surface area contributed by atoms with Crippen LogP contribution in [0, 0.1) is 5.92 Å². The molecule has 1 heterocycles. The fraction of sp³-hybridized carbons (Fsp3) is 0.562. The zero-order chi connectivity index (χ0) is 14.9. The molecule has 4 heteroatoms. The Kier molecular flexibility index (Phi) is 4.04. The number of aliphatic hydroxyl groups is 1. The molecule has 0 bridgehead atoms. The molecule has 1 aromatic heterocycles. The van der Waals surface area contributed by atoms with Crippen LogP contribution >= 0.6 is 0 Å². The van der Waals surface area contributed by atoms with E-state index in [2.05, 4.69) is 6.92 Å². The van der Waals surface area contributed by atoms with Gasteiger partial charge in [-0.3, -0.25) is 4.79 Å². The summed E-state index contributed by atoms with van der Waals surface area (Å²) in [7, 11) is 1.68. The zero-order valence-electron chi connectivity index (χ0n) is 12.6. The topological polar surface area (TPSA) is 53.7 Å². The highest BCUT2D eigenvalue weighted by Gasteiger charge is 2.36. The molecule has 1 amide bonds. The molecule has 2 rings (SSSR count). The molecule has 2 atom stereocenters. The smallest absolute Gasteiger partial charge is 0.246 e. The van der Waals surface area contributed by atoms with E-state index in [9.17, 15) is 9.90 Å². The molecule has 1 aliphatic rings. The number of hydrogen-bond donors (Lipinski definition) is 1. The van der Waals surface area contributed by atoms with E-state index >= 15 is 0 Å². The van der Waals surface area contributed by atoms with Crippen molar-refractivity contribution in [2.24, 2.45) is 5.92 Å². The number of furan rings is 1. The minimum absolute atomic E-state index is 0.0758. The first-order valence-electron chi connectivity index (χ1n) is 7.01. The van der Waals surface area contributed by atoms with Crippen molar-refractivity contribution in [1.29, 1.82) is 0 Å². The Balaban J connectivity index is 1.98. The number of hydrogen-bond acceptors (Lipinski definition) is 3. The lowest BCUT2D eigenvalue weighted by Crippen LogP contribution is -2.47. The predicted molar refractivity (Wildman–Crippen MR) is 78.2 cm³/mol. The summed E-state index contributed by atoms with van der Waals surface area (Å²) in [6, 6.07) is 3.88. The fourth-order valence-electron chi connectivity index (χ4n) is 2.05. The quantitative estimate of drug-likeness (QED) is 0.842. The average Bonchev–Trinajstić information content (AvgIpc) is 2.97. The summed E-state index contributed by atoms with van der Waals surface area (Å²) in [5, 5.41) is 9.26. The first kappa shape index (κ1) is 14.9. The standard InChI is InChI=1S/C16H23NO3/c1-11-9-13(11)14-7-5-12(20-14)6-8-15(19)17(4)16(2,3)10-18/h5-8,11,13,18H,9-10H2,1-4H3/b8-6+. The molecule has 110 valence electrons. The van der Waals surface area contributed by atoms with Crippen molar-refractivity contribution in [3.63, 3.8) is 0 Å². The highest BCUT2D eigenvalue weighted by molar-refractivity contribution is 5.91. The summed E-state index contributed by atoms with van der Waals surface area (Å²) in [4.78, 5) is 13.5. The number of rotatable bonds is 5. The molecule has 2 unspecified atom stereocenters. The van der Waals surface area contributed by atoms with E-state index in [-0.39, 0.29) is 12.5 Å². The second-order valence-corrected chi connectivity index (χ2v) is 6.26. The van der Waals surface area contributed by atoms with E-state index in [1.165, 1.54) is 17.4 Å². The largest absolute Gasteiger partial charge is 0.461 e. The highest BCUT2D eigenvalue weighted by Crippen LogP contribution is 2.47. The van der Waals surface area contributed by atoms with Gasteiger partial charge in [0.15, 0.2) is 0 Å². The molecule has 0 aromatic carbocycles. The number of nitrogens with zero attached hydrogens (tertiary/aromatic N) is 1. The van der Waals surface area contributed by atoms with Crippen LogP contribution in [-0.4, -0.2) is 35.1 Å². The lowest BCUT2D eigenvalue weighted by molar-refractivity contribution is -0.130.